The first-order chi connectivity index (χ1) is 15.5. The van der Waals surface area contributed by atoms with E-state index in [1.165, 1.54) is 12.8 Å². The lowest BCUT2D eigenvalue weighted by Gasteiger charge is -2.38. The Morgan fingerprint density at radius 3 is 2.69 bits per heavy atom. The molecule has 32 heavy (non-hydrogen) atoms. The SMILES string of the molecule is COc1cc2c(cc1OCC1CC1)NC(=O)C21CCN(C(=O)c2cccc(C#N)c2)CC1. The molecule has 2 aromatic rings. The summed E-state index contributed by atoms with van der Waals surface area (Å²) in [5.74, 6) is 1.75. The Hall–Kier alpha value is -3.53. The monoisotopic (exact) mass is 431 g/mol. The van der Waals surface area contributed by atoms with Crippen LogP contribution in [0.1, 0.15) is 47.2 Å². The number of amides is 2. The second kappa shape index (κ2) is 7.86. The topological polar surface area (TPSA) is 91.7 Å². The number of benzene rings is 2. The first-order valence-corrected chi connectivity index (χ1v) is 11.0. The van der Waals surface area contributed by atoms with Gasteiger partial charge in [0.1, 0.15) is 0 Å². The van der Waals surface area contributed by atoms with E-state index in [1.54, 1.807) is 36.3 Å². The lowest BCUT2D eigenvalue weighted by molar-refractivity contribution is -0.122. The number of ether oxygens (including phenoxy) is 2. The number of piperidine rings is 1. The van der Waals surface area contributed by atoms with Crippen LogP contribution >= 0.6 is 0 Å². The van der Waals surface area contributed by atoms with Gasteiger partial charge < -0.3 is 19.7 Å². The fourth-order valence-electron chi connectivity index (χ4n) is 4.68. The molecule has 2 fully saturated rings. The molecule has 1 N–H and O–H groups in total. The van der Waals surface area contributed by atoms with Gasteiger partial charge in [-0.15, -0.1) is 0 Å². The molecule has 2 aromatic carbocycles. The van der Waals surface area contributed by atoms with Crippen LogP contribution in [-0.4, -0.2) is 43.5 Å². The van der Waals surface area contributed by atoms with Gasteiger partial charge in [0.05, 0.1) is 30.8 Å². The second-order valence-electron chi connectivity index (χ2n) is 8.82. The fourth-order valence-corrected chi connectivity index (χ4v) is 4.68. The van der Waals surface area contributed by atoms with Gasteiger partial charge in [0.2, 0.25) is 5.91 Å². The lowest BCUT2D eigenvalue weighted by atomic mass is 9.73. The summed E-state index contributed by atoms with van der Waals surface area (Å²) in [7, 11) is 1.61. The minimum atomic E-state index is -0.678. The van der Waals surface area contributed by atoms with Crippen LogP contribution in [0.3, 0.4) is 0 Å². The van der Waals surface area contributed by atoms with E-state index in [1.807, 2.05) is 12.1 Å². The zero-order valence-corrected chi connectivity index (χ0v) is 18.0. The van der Waals surface area contributed by atoms with Gasteiger partial charge in [0.25, 0.3) is 5.91 Å². The molecule has 1 saturated carbocycles. The van der Waals surface area contributed by atoms with E-state index in [-0.39, 0.29) is 11.8 Å². The first-order valence-electron chi connectivity index (χ1n) is 11.0. The van der Waals surface area contributed by atoms with E-state index < -0.39 is 5.41 Å². The third kappa shape index (κ3) is 3.46. The summed E-state index contributed by atoms with van der Waals surface area (Å²) in [4.78, 5) is 27.8. The number of rotatable bonds is 5. The molecule has 2 heterocycles. The van der Waals surface area contributed by atoms with Crippen molar-refractivity contribution in [1.29, 1.82) is 5.26 Å². The van der Waals surface area contributed by atoms with Crippen molar-refractivity contribution in [2.75, 3.05) is 32.1 Å². The van der Waals surface area contributed by atoms with E-state index in [9.17, 15) is 9.59 Å². The summed E-state index contributed by atoms with van der Waals surface area (Å²) in [6, 6.07) is 12.6. The summed E-state index contributed by atoms with van der Waals surface area (Å²) in [5.41, 5.74) is 1.96. The summed E-state index contributed by atoms with van der Waals surface area (Å²) in [5, 5.41) is 12.1. The van der Waals surface area contributed by atoms with Crippen LogP contribution in [0.25, 0.3) is 0 Å². The molecule has 7 heteroatoms. The Bertz CT molecular complexity index is 1120. The van der Waals surface area contributed by atoms with Crippen molar-refractivity contribution in [3.63, 3.8) is 0 Å². The number of fused-ring (bicyclic) bond motifs is 2. The zero-order valence-electron chi connectivity index (χ0n) is 18.0. The minimum Gasteiger partial charge on any atom is -0.493 e. The van der Waals surface area contributed by atoms with Gasteiger partial charge in [-0.3, -0.25) is 9.59 Å². The van der Waals surface area contributed by atoms with Gasteiger partial charge in [-0.05, 0) is 61.4 Å². The van der Waals surface area contributed by atoms with Crippen LogP contribution in [0.15, 0.2) is 36.4 Å². The van der Waals surface area contributed by atoms with E-state index in [4.69, 9.17) is 14.7 Å². The summed E-state index contributed by atoms with van der Waals surface area (Å²) >= 11 is 0. The maximum atomic E-state index is 13.1. The summed E-state index contributed by atoms with van der Waals surface area (Å²) in [6.07, 6.45) is 3.45. The highest BCUT2D eigenvalue weighted by atomic mass is 16.5. The quantitative estimate of drug-likeness (QED) is 0.783. The largest absolute Gasteiger partial charge is 0.493 e. The number of anilines is 1. The number of hydrogen-bond acceptors (Lipinski definition) is 5. The number of nitriles is 1. The highest BCUT2D eigenvalue weighted by Crippen LogP contribution is 2.49. The van der Waals surface area contributed by atoms with Gasteiger partial charge in [-0.25, -0.2) is 0 Å². The number of hydrogen-bond donors (Lipinski definition) is 1. The van der Waals surface area contributed by atoms with Crippen LogP contribution < -0.4 is 14.8 Å². The van der Waals surface area contributed by atoms with Crippen molar-refractivity contribution >= 4 is 17.5 Å². The van der Waals surface area contributed by atoms with Gasteiger partial charge in [0.15, 0.2) is 11.5 Å². The molecule has 2 amide bonds. The highest BCUT2D eigenvalue weighted by molar-refractivity contribution is 6.07. The maximum absolute atomic E-state index is 13.1. The number of likely N-dealkylation sites (tertiary alicyclic amines) is 1. The molecular weight excluding hydrogens is 406 g/mol. The van der Waals surface area contributed by atoms with Crippen molar-refractivity contribution in [2.24, 2.45) is 5.92 Å². The summed E-state index contributed by atoms with van der Waals surface area (Å²) in [6.45, 7) is 1.59. The molecule has 0 aromatic heterocycles. The van der Waals surface area contributed by atoms with E-state index in [0.29, 0.717) is 61.1 Å². The van der Waals surface area contributed by atoms with Gasteiger partial charge >= 0.3 is 0 Å². The molecule has 3 aliphatic rings. The third-order valence-electron chi connectivity index (χ3n) is 6.82. The predicted octanol–water partition coefficient (Wildman–Crippen LogP) is 3.48. The Labute approximate surface area is 186 Å². The van der Waals surface area contributed by atoms with Crippen molar-refractivity contribution < 1.29 is 19.1 Å². The first kappa shape index (κ1) is 20.4. The molecule has 5 rings (SSSR count). The lowest BCUT2D eigenvalue weighted by Crippen LogP contribution is -2.48. The molecule has 1 saturated heterocycles. The number of nitrogens with zero attached hydrogens (tertiary/aromatic N) is 2. The van der Waals surface area contributed by atoms with Crippen LogP contribution in [-0.2, 0) is 10.2 Å². The Morgan fingerprint density at radius 2 is 2.00 bits per heavy atom. The van der Waals surface area contributed by atoms with Crippen LogP contribution in [0.4, 0.5) is 5.69 Å². The van der Waals surface area contributed by atoms with Crippen molar-refractivity contribution in [2.45, 2.75) is 31.1 Å². The smallest absolute Gasteiger partial charge is 0.253 e. The average Bonchev–Trinajstić information content (AvgIpc) is 3.63. The van der Waals surface area contributed by atoms with Crippen LogP contribution in [0.2, 0.25) is 0 Å². The molecule has 1 spiro atoms. The second-order valence-corrected chi connectivity index (χ2v) is 8.82. The van der Waals surface area contributed by atoms with Gasteiger partial charge in [0, 0.05) is 30.4 Å². The maximum Gasteiger partial charge on any atom is 0.253 e. The predicted molar refractivity (Wildman–Crippen MR) is 118 cm³/mol. The normalized spacial score (nSPS) is 18.6. The molecule has 0 atom stereocenters. The fraction of sp³-hybridized carbons (Fsp3) is 0.400. The molecule has 1 aliphatic carbocycles. The molecule has 0 radical (unpaired) electrons. The van der Waals surface area contributed by atoms with Gasteiger partial charge in [-0.2, -0.15) is 5.26 Å². The standard InChI is InChI=1S/C25H25N3O4/c1-31-21-12-19-20(13-22(21)32-15-16-5-6-16)27-24(30)25(19)7-9-28(10-8-25)23(29)18-4-2-3-17(11-18)14-26/h2-4,11-13,16H,5-10,15H2,1H3,(H,27,30). The third-order valence-corrected chi connectivity index (χ3v) is 6.82. The average molecular weight is 431 g/mol. The number of methoxy groups -OCH3 is 1. The number of carbonyl (C=O) groups is 2. The molecule has 164 valence electrons. The molecule has 7 nitrogen and oxygen atoms in total. The van der Waals surface area contributed by atoms with Crippen LogP contribution in [0.5, 0.6) is 11.5 Å². The molecule has 0 bridgehead atoms. The summed E-state index contributed by atoms with van der Waals surface area (Å²) < 4.78 is 11.5. The Kier molecular flexibility index (Phi) is 5.01. The van der Waals surface area contributed by atoms with Crippen molar-refractivity contribution in [3.05, 3.63) is 53.1 Å². The van der Waals surface area contributed by atoms with Crippen molar-refractivity contribution in [3.8, 4) is 17.6 Å². The van der Waals surface area contributed by atoms with E-state index in [0.717, 1.165) is 11.3 Å². The van der Waals surface area contributed by atoms with Gasteiger partial charge in [-0.1, -0.05) is 6.07 Å². The Morgan fingerprint density at radius 1 is 1.22 bits per heavy atom. The van der Waals surface area contributed by atoms with E-state index in [2.05, 4.69) is 11.4 Å². The van der Waals surface area contributed by atoms with E-state index >= 15 is 0 Å². The van der Waals surface area contributed by atoms with Crippen molar-refractivity contribution in [1.82, 2.24) is 4.90 Å². The minimum absolute atomic E-state index is 0.0347. The number of carbonyl (C=O) groups excluding carboxylic acids is 2. The Balaban J connectivity index is 1.36. The molecule has 0 unspecified atom stereocenters. The molecular formula is C25H25N3O4. The zero-order chi connectivity index (χ0) is 22.3. The molecule has 2 aliphatic heterocycles. The van der Waals surface area contributed by atoms with Crippen LogP contribution in [0, 0.1) is 17.2 Å². The number of nitrogens with one attached hydrogen (secondary N) is 1. The highest BCUT2D eigenvalue weighted by Gasteiger charge is 2.49.